The van der Waals surface area contributed by atoms with Gasteiger partial charge in [-0.3, -0.25) is 9.59 Å². The summed E-state index contributed by atoms with van der Waals surface area (Å²) in [6, 6.07) is 2.41. The van der Waals surface area contributed by atoms with Gasteiger partial charge in [-0.2, -0.15) is 0 Å². The van der Waals surface area contributed by atoms with Crippen LogP contribution in [0.1, 0.15) is 45.2 Å². The maximum Gasteiger partial charge on any atom is 0.356 e. The van der Waals surface area contributed by atoms with Gasteiger partial charge in [0.1, 0.15) is 11.4 Å². The van der Waals surface area contributed by atoms with Gasteiger partial charge in [-0.05, 0) is 17.5 Å². The van der Waals surface area contributed by atoms with Gasteiger partial charge in [0.25, 0.3) is 11.8 Å². The first-order chi connectivity index (χ1) is 11.3. The van der Waals surface area contributed by atoms with E-state index in [4.69, 9.17) is 0 Å². The molecular weight excluding hydrogens is 314 g/mol. The summed E-state index contributed by atoms with van der Waals surface area (Å²) in [7, 11) is 2.61. The minimum absolute atomic E-state index is 0.0226. The molecule has 2 amide bonds. The van der Waals surface area contributed by atoms with E-state index in [1.54, 1.807) is 0 Å². The number of aliphatic hydroxyl groups is 1. The summed E-state index contributed by atoms with van der Waals surface area (Å²) in [6.07, 6.45) is 0. The van der Waals surface area contributed by atoms with Crippen LogP contribution >= 0.6 is 0 Å². The number of esters is 1. The van der Waals surface area contributed by atoms with Crippen molar-refractivity contribution in [3.05, 3.63) is 29.1 Å². The molecule has 0 bridgehead atoms. The second-order valence-corrected chi connectivity index (χ2v) is 6.26. The predicted octanol–water partition coefficient (Wildman–Crippen LogP) is -0.0255. The number of hydrogen-bond donors (Lipinski definition) is 3. The summed E-state index contributed by atoms with van der Waals surface area (Å²) in [5.41, 5.74) is -0.257. The Kier molecular flexibility index (Phi) is 4.88. The number of methoxy groups -OCH3 is 1. The van der Waals surface area contributed by atoms with Crippen molar-refractivity contribution in [3.8, 4) is 0 Å². The topological polar surface area (TPSA) is 118 Å². The average molecular weight is 335 g/mol. The average Bonchev–Trinajstić information content (AvgIpc) is 3.11. The molecule has 1 aromatic heterocycles. The Bertz CT molecular complexity index is 652. The van der Waals surface area contributed by atoms with Crippen LogP contribution in [0.25, 0.3) is 0 Å². The van der Waals surface area contributed by atoms with Crippen LogP contribution in [-0.4, -0.2) is 54.7 Å². The SMILES string of the molecule is CNC(=O)c1cc(C(=O)NC2C(CO)C2(C)C)cc(C(=O)OC)n1. The minimum Gasteiger partial charge on any atom is -0.464 e. The van der Waals surface area contributed by atoms with Crippen LogP contribution in [0.4, 0.5) is 0 Å². The number of rotatable bonds is 5. The van der Waals surface area contributed by atoms with E-state index < -0.39 is 17.8 Å². The molecule has 0 spiro atoms. The number of nitrogens with one attached hydrogen (secondary N) is 2. The summed E-state index contributed by atoms with van der Waals surface area (Å²) in [4.78, 5) is 39.9. The molecule has 0 radical (unpaired) electrons. The summed E-state index contributed by atoms with van der Waals surface area (Å²) in [6.45, 7) is 3.87. The second-order valence-electron chi connectivity index (χ2n) is 6.26. The van der Waals surface area contributed by atoms with Gasteiger partial charge in [-0.1, -0.05) is 13.8 Å². The van der Waals surface area contributed by atoms with Gasteiger partial charge in [-0.25, -0.2) is 9.78 Å². The first kappa shape index (κ1) is 17.9. The van der Waals surface area contributed by atoms with Crippen LogP contribution in [0.3, 0.4) is 0 Å². The number of ether oxygens (including phenoxy) is 1. The van der Waals surface area contributed by atoms with Gasteiger partial charge >= 0.3 is 5.97 Å². The number of carbonyl (C=O) groups is 3. The van der Waals surface area contributed by atoms with E-state index in [-0.39, 0.29) is 40.9 Å². The molecule has 8 heteroatoms. The van der Waals surface area contributed by atoms with Crippen molar-refractivity contribution in [2.45, 2.75) is 19.9 Å². The van der Waals surface area contributed by atoms with E-state index in [1.807, 2.05) is 13.8 Å². The second kappa shape index (κ2) is 6.56. The van der Waals surface area contributed by atoms with Gasteiger partial charge in [0.05, 0.1) is 7.11 Å². The number of nitrogens with zero attached hydrogens (tertiary/aromatic N) is 1. The maximum absolute atomic E-state index is 12.5. The van der Waals surface area contributed by atoms with E-state index in [2.05, 4.69) is 20.4 Å². The first-order valence-electron chi connectivity index (χ1n) is 7.50. The highest BCUT2D eigenvalue weighted by molar-refractivity contribution is 6.01. The molecule has 0 aliphatic heterocycles. The molecule has 1 saturated carbocycles. The molecular formula is C16H21N3O5. The van der Waals surface area contributed by atoms with Crippen LogP contribution in [0, 0.1) is 11.3 Å². The Balaban J connectivity index is 2.30. The van der Waals surface area contributed by atoms with Crippen LogP contribution in [0.5, 0.6) is 0 Å². The van der Waals surface area contributed by atoms with Crippen molar-refractivity contribution in [3.63, 3.8) is 0 Å². The van der Waals surface area contributed by atoms with E-state index in [9.17, 15) is 19.5 Å². The van der Waals surface area contributed by atoms with Crippen molar-refractivity contribution < 1.29 is 24.2 Å². The minimum atomic E-state index is -0.741. The van der Waals surface area contributed by atoms with Crippen molar-refractivity contribution >= 4 is 17.8 Å². The van der Waals surface area contributed by atoms with Crippen LogP contribution in [0.15, 0.2) is 12.1 Å². The third-order valence-corrected chi connectivity index (χ3v) is 4.48. The lowest BCUT2D eigenvalue weighted by Crippen LogP contribution is -2.30. The third kappa shape index (κ3) is 3.23. The Hall–Kier alpha value is -2.48. The van der Waals surface area contributed by atoms with Crippen molar-refractivity contribution in [1.82, 2.24) is 15.6 Å². The molecule has 2 rings (SSSR count). The lowest BCUT2D eigenvalue weighted by Gasteiger charge is -2.09. The maximum atomic E-state index is 12.5. The largest absolute Gasteiger partial charge is 0.464 e. The predicted molar refractivity (Wildman–Crippen MR) is 84.6 cm³/mol. The fraction of sp³-hybridized carbons (Fsp3) is 0.500. The van der Waals surface area contributed by atoms with Gasteiger partial charge in [-0.15, -0.1) is 0 Å². The Morgan fingerprint density at radius 1 is 1.25 bits per heavy atom. The van der Waals surface area contributed by atoms with Gasteiger partial charge in [0.15, 0.2) is 0 Å². The molecule has 0 aromatic carbocycles. The van der Waals surface area contributed by atoms with E-state index >= 15 is 0 Å². The number of aliphatic hydroxyl groups excluding tert-OH is 1. The van der Waals surface area contributed by atoms with Crippen LogP contribution in [-0.2, 0) is 4.74 Å². The van der Waals surface area contributed by atoms with Gasteiger partial charge in [0, 0.05) is 31.2 Å². The molecule has 8 nitrogen and oxygen atoms in total. The van der Waals surface area contributed by atoms with Gasteiger partial charge < -0.3 is 20.5 Å². The Morgan fingerprint density at radius 2 is 1.88 bits per heavy atom. The number of hydrogen-bond acceptors (Lipinski definition) is 6. The van der Waals surface area contributed by atoms with E-state index in [0.717, 1.165) is 0 Å². The molecule has 3 N–H and O–H groups in total. The monoisotopic (exact) mass is 335 g/mol. The zero-order chi connectivity index (χ0) is 18.1. The number of carbonyl (C=O) groups excluding carboxylic acids is 3. The molecule has 24 heavy (non-hydrogen) atoms. The lowest BCUT2D eigenvalue weighted by atomic mass is 10.1. The zero-order valence-corrected chi connectivity index (χ0v) is 14.0. The summed E-state index contributed by atoms with van der Waals surface area (Å²) in [5.74, 6) is -1.73. The van der Waals surface area contributed by atoms with Gasteiger partial charge in [0.2, 0.25) is 0 Å². The third-order valence-electron chi connectivity index (χ3n) is 4.48. The fourth-order valence-electron chi connectivity index (χ4n) is 2.71. The smallest absolute Gasteiger partial charge is 0.356 e. The summed E-state index contributed by atoms with van der Waals surface area (Å²) < 4.78 is 4.60. The summed E-state index contributed by atoms with van der Waals surface area (Å²) >= 11 is 0. The van der Waals surface area contributed by atoms with E-state index in [0.29, 0.717) is 0 Å². The standard InChI is InChI=1S/C16H21N3O5/c1-16(2)9(7-20)12(16)19-13(21)8-5-10(14(22)17-3)18-11(6-8)15(23)24-4/h5-6,9,12,20H,7H2,1-4H3,(H,17,22)(H,19,21). The number of amides is 2. The molecule has 0 saturated heterocycles. The molecule has 1 fully saturated rings. The highest BCUT2D eigenvalue weighted by Crippen LogP contribution is 2.51. The van der Waals surface area contributed by atoms with Crippen LogP contribution < -0.4 is 10.6 Å². The molecule has 1 aromatic rings. The molecule has 130 valence electrons. The highest BCUT2D eigenvalue weighted by Gasteiger charge is 2.58. The quantitative estimate of drug-likeness (QED) is 0.651. The number of aromatic nitrogens is 1. The Labute approximate surface area is 139 Å². The summed E-state index contributed by atoms with van der Waals surface area (Å²) in [5, 5.41) is 14.5. The molecule has 1 aliphatic rings. The van der Waals surface area contributed by atoms with Crippen molar-refractivity contribution in [2.24, 2.45) is 11.3 Å². The molecule has 1 heterocycles. The first-order valence-corrected chi connectivity index (χ1v) is 7.50. The lowest BCUT2D eigenvalue weighted by molar-refractivity contribution is 0.0594. The normalized spacial score (nSPS) is 20.9. The van der Waals surface area contributed by atoms with Crippen LogP contribution in [0.2, 0.25) is 0 Å². The number of pyridine rings is 1. The molecule has 2 unspecified atom stereocenters. The zero-order valence-electron chi connectivity index (χ0n) is 14.0. The van der Waals surface area contributed by atoms with E-state index in [1.165, 1.54) is 26.3 Å². The molecule has 1 aliphatic carbocycles. The fourth-order valence-corrected chi connectivity index (χ4v) is 2.71. The van der Waals surface area contributed by atoms with Crippen molar-refractivity contribution in [2.75, 3.05) is 20.8 Å². The highest BCUT2D eigenvalue weighted by atomic mass is 16.5. The molecule has 2 atom stereocenters. The Morgan fingerprint density at radius 3 is 2.38 bits per heavy atom. The van der Waals surface area contributed by atoms with Crippen molar-refractivity contribution in [1.29, 1.82) is 0 Å².